The van der Waals surface area contributed by atoms with Crippen LogP contribution in [0.2, 0.25) is 5.02 Å². The van der Waals surface area contributed by atoms with E-state index in [1.807, 2.05) is 0 Å². The number of amidine groups is 1. The maximum Gasteiger partial charge on any atom is 0.416 e. The number of ether oxygens (including phenoxy) is 1. The van der Waals surface area contributed by atoms with E-state index in [1.54, 1.807) is 20.8 Å². The maximum atomic E-state index is 13.3. The summed E-state index contributed by atoms with van der Waals surface area (Å²) in [6.07, 6.45) is -5.55. The number of hydrogen-bond donors (Lipinski definition) is 1. The number of nitrogens with zero attached hydrogens (tertiary/aromatic N) is 2. The Labute approximate surface area is 204 Å². The summed E-state index contributed by atoms with van der Waals surface area (Å²) in [5.74, 6) is -1.14. The Hall–Kier alpha value is -1.99. The van der Waals surface area contributed by atoms with E-state index in [4.69, 9.17) is 16.3 Å². The molecule has 2 amide bonds. The zero-order valence-corrected chi connectivity index (χ0v) is 20.9. The minimum atomic E-state index is -4.65. The number of anilines is 1. The van der Waals surface area contributed by atoms with Crippen LogP contribution >= 0.6 is 23.4 Å². The van der Waals surface area contributed by atoms with Gasteiger partial charge in [0, 0.05) is 18.2 Å². The largest absolute Gasteiger partial charge is 0.444 e. The lowest BCUT2D eigenvalue weighted by atomic mass is 10.1. The summed E-state index contributed by atoms with van der Waals surface area (Å²) in [6.45, 7) is 4.99. The second kappa shape index (κ2) is 9.57. The van der Waals surface area contributed by atoms with Gasteiger partial charge in [-0.2, -0.15) is 18.2 Å². The zero-order valence-electron chi connectivity index (χ0n) is 18.5. The zero-order chi connectivity index (χ0) is 25.5. The number of carbonyl (C=O) groups excluding carboxylic acids is 2. The highest BCUT2D eigenvalue weighted by Gasteiger charge is 2.50. The van der Waals surface area contributed by atoms with Crippen molar-refractivity contribution in [1.29, 1.82) is 0 Å². The van der Waals surface area contributed by atoms with Crippen LogP contribution < -0.4 is 10.2 Å². The smallest absolute Gasteiger partial charge is 0.416 e. The van der Waals surface area contributed by atoms with Gasteiger partial charge in [-0.3, -0.25) is 4.79 Å². The SMILES string of the molecule is CC(C)(C)OC(=O)NCCC(=O)N=C1S[C@H]2CS(=O)(=O)C[C@@H]2N1c1cc(C(F)(F)F)ccc1Cl. The van der Waals surface area contributed by atoms with Gasteiger partial charge in [-0.1, -0.05) is 23.4 Å². The average molecular weight is 542 g/mol. The molecule has 0 saturated carbocycles. The average Bonchev–Trinajstić information content (AvgIpc) is 3.10. The van der Waals surface area contributed by atoms with Crippen LogP contribution in [0.25, 0.3) is 0 Å². The Morgan fingerprint density at radius 2 is 1.94 bits per heavy atom. The van der Waals surface area contributed by atoms with E-state index < -0.39 is 50.5 Å². The first-order valence-electron chi connectivity index (χ1n) is 10.2. The van der Waals surface area contributed by atoms with Gasteiger partial charge in [0.05, 0.1) is 33.8 Å². The molecule has 2 fully saturated rings. The van der Waals surface area contributed by atoms with Gasteiger partial charge < -0.3 is 15.0 Å². The summed E-state index contributed by atoms with van der Waals surface area (Å²) >= 11 is 7.20. The number of hydrogen-bond acceptors (Lipinski definition) is 6. The molecule has 2 atom stereocenters. The van der Waals surface area contributed by atoms with Crippen LogP contribution in [0.4, 0.5) is 23.7 Å². The lowest BCUT2D eigenvalue weighted by Gasteiger charge is -2.26. The topological polar surface area (TPSA) is 105 Å². The van der Waals surface area contributed by atoms with Gasteiger partial charge in [-0.05, 0) is 39.0 Å². The number of amides is 2. The van der Waals surface area contributed by atoms with Crippen molar-refractivity contribution in [2.75, 3.05) is 23.0 Å². The number of aliphatic imine (C=N–C) groups is 1. The number of carbonyl (C=O) groups is 2. The fourth-order valence-corrected chi connectivity index (χ4v) is 7.60. The molecule has 1 N–H and O–H groups in total. The van der Waals surface area contributed by atoms with Crippen molar-refractivity contribution in [3.05, 3.63) is 28.8 Å². The number of thioether (sulfide) groups is 1. The van der Waals surface area contributed by atoms with Gasteiger partial charge in [0.25, 0.3) is 0 Å². The number of alkyl halides is 3. The van der Waals surface area contributed by atoms with Crippen LogP contribution in [0, 0.1) is 0 Å². The number of halogens is 4. The van der Waals surface area contributed by atoms with Crippen LogP contribution in [-0.2, 0) is 25.5 Å². The molecule has 0 aromatic heterocycles. The predicted octanol–water partition coefficient (Wildman–Crippen LogP) is 3.88. The van der Waals surface area contributed by atoms with Gasteiger partial charge in [-0.15, -0.1) is 0 Å². The van der Waals surface area contributed by atoms with E-state index in [-0.39, 0.29) is 40.3 Å². The van der Waals surface area contributed by atoms with Gasteiger partial charge in [-0.25, -0.2) is 13.2 Å². The first-order chi connectivity index (χ1) is 15.6. The highest BCUT2D eigenvalue weighted by molar-refractivity contribution is 8.16. The summed E-state index contributed by atoms with van der Waals surface area (Å²) in [7, 11) is -3.42. The summed E-state index contributed by atoms with van der Waals surface area (Å²) in [4.78, 5) is 29.5. The van der Waals surface area contributed by atoms with Crippen LogP contribution in [0.3, 0.4) is 0 Å². The molecule has 2 heterocycles. The molecular formula is C20H23ClF3N3O5S2. The molecule has 1 aromatic carbocycles. The van der Waals surface area contributed by atoms with Crippen LogP contribution in [0.1, 0.15) is 32.8 Å². The molecule has 0 aliphatic carbocycles. The van der Waals surface area contributed by atoms with E-state index in [9.17, 15) is 31.2 Å². The van der Waals surface area contributed by atoms with E-state index >= 15 is 0 Å². The molecule has 2 aliphatic rings. The molecule has 2 saturated heterocycles. The molecule has 0 radical (unpaired) electrons. The Balaban J connectivity index is 1.83. The lowest BCUT2D eigenvalue weighted by molar-refractivity contribution is -0.137. The number of fused-ring (bicyclic) bond motifs is 1. The summed E-state index contributed by atoms with van der Waals surface area (Å²) in [5.41, 5.74) is -1.75. The minimum Gasteiger partial charge on any atom is -0.444 e. The van der Waals surface area contributed by atoms with Gasteiger partial charge in [0.1, 0.15) is 5.60 Å². The number of sulfone groups is 1. The second-order valence-electron chi connectivity index (χ2n) is 8.80. The van der Waals surface area contributed by atoms with E-state index in [0.717, 1.165) is 30.0 Å². The van der Waals surface area contributed by atoms with E-state index in [0.29, 0.717) is 0 Å². The standard InChI is InChI=1S/C20H23ClF3N3O5S2/c1-19(2,3)32-18(29)25-7-6-16(28)26-17-27(14-9-34(30,31)10-15(14)33-17)13-8-11(20(22,23)24)4-5-12(13)21/h4-5,8,14-15H,6-7,9-10H2,1-3H3,(H,25,29)/t14-,15-/m0/s1. The van der Waals surface area contributed by atoms with Crippen molar-refractivity contribution in [2.24, 2.45) is 4.99 Å². The third kappa shape index (κ3) is 6.57. The van der Waals surface area contributed by atoms with E-state index in [1.165, 1.54) is 4.90 Å². The highest BCUT2D eigenvalue weighted by Crippen LogP contribution is 2.44. The first kappa shape index (κ1) is 26.6. The molecule has 2 aliphatic heterocycles. The molecule has 1 aromatic rings. The number of rotatable bonds is 4. The lowest BCUT2D eigenvalue weighted by Crippen LogP contribution is -2.38. The van der Waals surface area contributed by atoms with Gasteiger partial charge >= 0.3 is 12.3 Å². The van der Waals surface area contributed by atoms with Crippen LogP contribution in [-0.4, -0.2) is 60.5 Å². The second-order valence-corrected chi connectivity index (χ2v) is 12.6. The van der Waals surface area contributed by atoms with Crippen molar-refractivity contribution < 1.29 is 35.9 Å². The fourth-order valence-electron chi connectivity index (χ4n) is 3.47. The van der Waals surface area contributed by atoms with Crippen molar-refractivity contribution in [2.45, 2.75) is 50.3 Å². The number of nitrogens with one attached hydrogen (secondary N) is 1. The third-order valence-corrected chi connectivity index (χ3v) is 8.36. The summed E-state index contributed by atoms with van der Waals surface area (Å²) < 4.78 is 69.3. The van der Waals surface area contributed by atoms with Crippen molar-refractivity contribution >= 4 is 56.1 Å². The monoisotopic (exact) mass is 541 g/mol. The Kier molecular flexibility index (Phi) is 7.49. The van der Waals surface area contributed by atoms with Crippen molar-refractivity contribution in [3.8, 4) is 0 Å². The van der Waals surface area contributed by atoms with Crippen molar-refractivity contribution in [1.82, 2.24) is 5.32 Å². The molecular weight excluding hydrogens is 519 g/mol. The fraction of sp³-hybridized carbons (Fsp3) is 0.550. The van der Waals surface area contributed by atoms with E-state index in [2.05, 4.69) is 10.3 Å². The summed E-state index contributed by atoms with van der Waals surface area (Å²) in [6, 6.07) is 2.00. The molecule has 14 heteroatoms. The Bertz CT molecular complexity index is 1120. The van der Waals surface area contributed by atoms with Crippen LogP contribution in [0.15, 0.2) is 23.2 Å². The number of alkyl carbamates (subject to hydrolysis) is 1. The molecule has 34 heavy (non-hydrogen) atoms. The van der Waals surface area contributed by atoms with Crippen LogP contribution in [0.5, 0.6) is 0 Å². The van der Waals surface area contributed by atoms with Crippen molar-refractivity contribution in [3.63, 3.8) is 0 Å². The summed E-state index contributed by atoms with van der Waals surface area (Å²) in [5, 5.41) is 1.94. The molecule has 3 rings (SSSR count). The maximum absolute atomic E-state index is 13.3. The first-order valence-corrected chi connectivity index (χ1v) is 13.2. The Morgan fingerprint density at radius 1 is 1.26 bits per heavy atom. The minimum absolute atomic E-state index is 0.0368. The quantitative estimate of drug-likeness (QED) is 0.617. The molecule has 0 unspecified atom stereocenters. The molecule has 0 bridgehead atoms. The van der Waals surface area contributed by atoms with Gasteiger partial charge in [0.15, 0.2) is 15.0 Å². The third-order valence-electron chi connectivity index (χ3n) is 4.83. The molecule has 8 nitrogen and oxygen atoms in total. The Morgan fingerprint density at radius 3 is 2.56 bits per heavy atom. The number of benzene rings is 1. The van der Waals surface area contributed by atoms with Gasteiger partial charge in [0.2, 0.25) is 5.91 Å². The molecule has 188 valence electrons. The normalized spacial score (nSPS) is 23.1. The molecule has 0 spiro atoms. The predicted molar refractivity (Wildman–Crippen MR) is 124 cm³/mol. The highest BCUT2D eigenvalue weighted by atomic mass is 35.5.